The minimum absolute atomic E-state index is 0.00186. The molecule has 1 unspecified atom stereocenters. The van der Waals surface area contributed by atoms with Crippen molar-refractivity contribution in [3.05, 3.63) is 29.8 Å². The lowest BCUT2D eigenvalue weighted by Crippen LogP contribution is -2.52. The standard InChI is InChI=1S/C11H20N4O7S.C11H16N2O.C9H18O2.CH4O3S/c1-3-8(16)15-7(6-23(20,21)22)11(19)14-5-10(18)13-4-9(17)12-2;1-2-3-8-13-11(14)9-4-6-10(12)7-5-9;1-8(2,3)6-9(4,5)7(10)11;1-5(2,3)4/h7H,3-6H2,1-2H3,(H,12,17)(H,13,18)(H,14,19)(H,15,16)(H,20,21,22);4-7H,2-3,8,12H2,1H3,(H,13,14);6H2,1-5H3,(H,10,11);1H3,(H,2,3,4). The highest BCUT2D eigenvalue weighted by molar-refractivity contribution is 7.85. The number of carbonyl (C=O) groups is 6. The molecule has 0 aromatic heterocycles. The van der Waals surface area contributed by atoms with Gasteiger partial charge in [-0.3, -0.25) is 37.9 Å². The second kappa shape index (κ2) is 25.6. The Hall–Kier alpha value is -4.34. The fraction of sp³-hybridized carbons (Fsp3) is 0.625. The summed E-state index contributed by atoms with van der Waals surface area (Å²) in [6.07, 6.45) is 3.52. The predicted octanol–water partition coefficient (Wildman–Crippen LogP) is 0.584. The van der Waals surface area contributed by atoms with Crippen molar-refractivity contribution >= 4 is 61.4 Å². The summed E-state index contributed by atoms with van der Waals surface area (Å²) in [4.78, 5) is 67.6. The molecule has 1 aromatic rings. The summed E-state index contributed by atoms with van der Waals surface area (Å²) >= 11 is 0. The van der Waals surface area contributed by atoms with Crippen LogP contribution in [-0.2, 0) is 44.2 Å². The zero-order chi connectivity index (χ0) is 42.2. The van der Waals surface area contributed by atoms with Gasteiger partial charge in [-0.25, -0.2) is 0 Å². The van der Waals surface area contributed by atoms with E-state index in [0.717, 1.165) is 19.4 Å². The van der Waals surface area contributed by atoms with E-state index in [2.05, 4.69) is 54.3 Å². The van der Waals surface area contributed by atoms with Gasteiger partial charge in [-0.1, -0.05) is 41.0 Å². The number of rotatable bonds is 15. The predicted molar refractivity (Wildman–Crippen MR) is 200 cm³/mol. The quantitative estimate of drug-likeness (QED) is 0.0666. The minimum Gasteiger partial charge on any atom is -0.481 e. The van der Waals surface area contributed by atoms with Crippen molar-refractivity contribution < 1.29 is 59.8 Å². The first-order valence-electron chi connectivity index (χ1n) is 16.3. The van der Waals surface area contributed by atoms with Gasteiger partial charge in [0, 0.05) is 31.3 Å². The largest absolute Gasteiger partial charge is 0.481 e. The van der Waals surface area contributed by atoms with Crippen molar-refractivity contribution in [3.63, 3.8) is 0 Å². The lowest BCUT2D eigenvalue weighted by molar-refractivity contribution is -0.148. The zero-order valence-corrected chi connectivity index (χ0v) is 33.5. The van der Waals surface area contributed by atoms with Crippen LogP contribution >= 0.6 is 0 Å². The van der Waals surface area contributed by atoms with Crippen LogP contribution in [0.15, 0.2) is 24.3 Å². The molecule has 1 atom stereocenters. The second-order valence-corrected chi connectivity index (χ2v) is 16.2. The third-order valence-electron chi connectivity index (χ3n) is 6.04. The molecule has 1 aromatic carbocycles. The van der Waals surface area contributed by atoms with Crippen LogP contribution in [0.25, 0.3) is 0 Å². The van der Waals surface area contributed by atoms with Gasteiger partial charge in [0.15, 0.2) is 0 Å². The zero-order valence-electron chi connectivity index (χ0n) is 31.9. The molecule has 5 amide bonds. The first kappa shape index (κ1) is 53.0. The maximum atomic E-state index is 11.8. The van der Waals surface area contributed by atoms with Gasteiger partial charge in [-0.05, 0) is 56.4 Å². The average molecular weight is 799 g/mol. The van der Waals surface area contributed by atoms with Gasteiger partial charge in [0.25, 0.3) is 26.1 Å². The van der Waals surface area contributed by atoms with E-state index in [1.807, 2.05) is 0 Å². The highest BCUT2D eigenvalue weighted by Gasteiger charge is 2.32. The molecular weight excluding hydrogens is 741 g/mol. The fourth-order valence-electron chi connectivity index (χ4n) is 3.83. The van der Waals surface area contributed by atoms with E-state index in [1.165, 1.54) is 14.0 Å². The van der Waals surface area contributed by atoms with E-state index in [-0.39, 0.29) is 24.3 Å². The molecule has 0 saturated heterocycles. The van der Waals surface area contributed by atoms with Gasteiger partial charge in [-0.2, -0.15) is 16.8 Å². The van der Waals surface area contributed by atoms with E-state index in [9.17, 15) is 45.6 Å². The average Bonchev–Trinajstić information content (AvgIpc) is 3.00. The molecule has 1 rings (SSSR count). The normalized spacial score (nSPS) is 11.6. The summed E-state index contributed by atoms with van der Waals surface area (Å²) < 4.78 is 56.4. The number of hydrogen-bond donors (Lipinski definition) is 9. The van der Waals surface area contributed by atoms with Gasteiger partial charge in [0.1, 0.15) is 11.8 Å². The number of aliphatic carboxylic acids is 1. The van der Waals surface area contributed by atoms with Gasteiger partial charge in [-0.15, -0.1) is 0 Å². The van der Waals surface area contributed by atoms with Crippen molar-refractivity contribution in [2.45, 2.75) is 80.2 Å². The molecule has 306 valence electrons. The maximum absolute atomic E-state index is 11.8. The molecule has 0 aliphatic rings. The number of nitrogen functional groups attached to an aromatic ring is 1. The Morgan fingerprint density at radius 1 is 0.811 bits per heavy atom. The van der Waals surface area contributed by atoms with Crippen molar-refractivity contribution in [2.24, 2.45) is 10.8 Å². The number of nitrogens with one attached hydrogen (secondary N) is 5. The van der Waals surface area contributed by atoms with Crippen LogP contribution in [0.3, 0.4) is 0 Å². The lowest BCUT2D eigenvalue weighted by Gasteiger charge is -2.28. The van der Waals surface area contributed by atoms with E-state index < -0.39 is 73.6 Å². The van der Waals surface area contributed by atoms with Crippen molar-refractivity contribution in [1.29, 1.82) is 0 Å². The molecule has 0 aliphatic carbocycles. The second-order valence-electron chi connectivity index (χ2n) is 13.3. The van der Waals surface area contributed by atoms with E-state index >= 15 is 0 Å². The first-order valence-corrected chi connectivity index (χ1v) is 19.7. The molecular formula is C32H58N6O13S2. The Labute approximate surface area is 312 Å². The van der Waals surface area contributed by atoms with Gasteiger partial charge in [0.05, 0.1) is 24.8 Å². The molecule has 19 nitrogen and oxygen atoms in total. The lowest BCUT2D eigenvalue weighted by atomic mass is 9.76. The van der Waals surface area contributed by atoms with Gasteiger partial charge >= 0.3 is 5.97 Å². The van der Waals surface area contributed by atoms with Gasteiger partial charge < -0.3 is 37.4 Å². The monoisotopic (exact) mass is 798 g/mol. The highest BCUT2D eigenvalue weighted by atomic mass is 32.2. The Morgan fingerprint density at radius 2 is 1.30 bits per heavy atom. The number of hydrogen-bond acceptors (Lipinski definition) is 11. The first-order chi connectivity index (χ1) is 24.0. The van der Waals surface area contributed by atoms with Crippen LogP contribution < -0.4 is 32.3 Å². The summed E-state index contributed by atoms with van der Waals surface area (Å²) in [7, 11) is -6.80. The summed E-state index contributed by atoms with van der Waals surface area (Å²) in [6.45, 7) is 13.2. The van der Waals surface area contributed by atoms with Gasteiger partial charge in [0.2, 0.25) is 23.6 Å². The third kappa shape index (κ3) is 34.5. The van der Waals surface area contributed by atoms with Crippen molar-refractivity contribution in [1.82, 2.24) is 26.6 Å². The molecule has 0 fully saturated rings. The van der Waals surface area contributed by atoms with Crippen LogP contribution in [0.5, 0.6) is 0 Å². The Balaban J connectivity index is -0.000000707. The number of unbranched alkanes of at least 4 members (excludes halogenated alkanes) is 1. The topological polar surface area (TPSA) is 318 Å². The van der Waals surface area contributed by atoms with Crippen LogP contribution in [0.1, 0.15) is 84.5 Å². The Morgan fingerprint density at radius 3 is 1.68 bits per heavy atom. The molecule has 10 N–H and O–H groups in total. The summed E-state index contributed by atoms with van der Waals surface area (Å²) in [5.41, 5.74) is 6.34. The van der Waals surface area contributed by atoms with E-state index in [1.54, 1.807) is 38.1 Å². The maximum Gasteiger partial charge on any atom is 0.309 e. The third-order valence-corrected chi connectivity index (χ3v) is 6.79. The molecule has 0 radical (unpaired) electrons. The number of amides is 5. The van der Waals surface area contributed by atoms with E-state index in [0.29, 0.717) is 23.9 Å². The summed E-state index contributed by atoms with van der Waals surface area (Å²) in [5.74, 6) is -4.45. The Bertz CT molecular complexity index is 1530. The highest BCUT2D eigenvalue weighted by Crippen LogP contribution is 2.32. The molecule has 53 heavy (non-hydrogen) atoms. The molecule has 0 aliphatic heterocycles. The SMILES string of the molecule is CC(C)(C)CC(C)(C)C(=O)O.CCC(=O)NC(CS(=O)(=O)O)C(=O)NCC(=O)NCC(=O)NC.CCCCNC(=O)c1ccc(N)cc1.CS(=O)(=O)O. The number of nitrogens with two attached hydrogens (primary N) is 1. The molecule has 21 heteroatoms. The molecule has 0 heterocycles. The Kier molecular flexibility index (Phi) is 25.6. The molecule has 0 spiro atoms. The smallest absolute Gasteiger partial charge is 0.309 e. The summed E-state index contributed by atoms with van der Waals surface area (Å²) in [5, 5.41) is 20.3. The number of carboxylic acid groups (broad SMARTS) is 1. The fourth-order valence-corrected chi connectivity index (χ4v) is 4.48. The number of carboxylic acids is 1. The van der Waals surface area contributed by atoms with Crippen molar-refractivity contribution in [2.75, 3.05) is 44.4 Å². The number of anilines is 1. The minimum atomic E-state index is -4.51. The van der Waals surface area contributed by atoms with E-state index in [4.69, 9.17) is 19.9 Å². The van der Waals surface area contributed by atoms with Crippen molar-refractivity contribution in [3.8, 4) is 0 Å². The number of likely N-dealkylation sites (N-methyl/N-ethyl adjacent to an activating group) is 1. The summed E-state index contributed by atoms with van der Waals surface area (Å²) in [6, 6.07) is 5.39. The molecule has 0 bridgehead atoms. The van der Waals surface area contributed by atoms with Crippen LogP contribution in [-0.4, -0.2) is 111 Å². The molecule has 0 saturated carbocycles. The van der Waals surface area contributed by atoms with Crippen LogP contribution in [0.2, 0.25) is 0 Å². The number of carbonyl (C=O) groups excluding carboxylic acids is 5. The number of benzene rings is 1. The van der Waals surface area contributed by atoms with Crippen LogP contribution in [0, 0.1) is 10.8 Å². The van der Waals surface area contributed by atoms with Crippen LogP contribution in [0.4, 0.5) is 5.69 Å².